The summed E-state index contributed by atoms with van der Waals surface area (Å²) in [6.07, 6.45) is 6.92. The molecule has 0 bridgehead atoms. The van der Waals surface area contributed by atoms with Crippen molar-refractivity contribution >= 4 is 5.97 Å². The third-order valence-electron chi connectivity index (χ3n) is 2.77. The van der Waals surface area contributed by atoms with Crippen LogP contribution in [0.15, 0.2) is 12.7 Å². The van der Waals surface area contributed by atoms with Gasteiger partial charge >= 0.3 is 5.97 Å². The Morgan fingerprint density at radius 2 is 1.93 bits per heavy atom. The van der Waals surface area contributed by atoms with Crippen LogP contribution in [0.25, 0.3) is 0 Å². The summed E-state index contributed by atoms with van der Waals surface area (Å²) in [5.74, 6) is -0.205. The SMILES string of the molecule is C=CC(C)(C)OOC(=O)C1CCCCC1. The Hall–Kier alpha value is -0.830. The van der Waals surface area contributed by atoms with Crippen molar-refractivity contribution in [2.45, 2.75) is 51.6 Å². The predicted molar refractivity (Wildman–Crippen MR) is 58.0 cm³/mol. The number of carbonyl (C=O) groups excluding carboxylic acids is 1. The van der Waals surface area contributed by atoms with E-state index in [1.54, 1.807) is 19.9 Å². The number of rotatable bonds is 4. The fraction of sp³-hybridized carbons (Fsp3) is 0.750. The van der Waals surface area contributed by atoms with Gasteiger partial charge in [-0.3, -0.25) is 4.89 Å². The Labute approximate surface area is 91.4 Å². The highest BCUT2D eigenvalue weighted by Crippen LogP contribution is 2.25. The van der Waals surface area contributed by atoms with Crippen LogP contribution in [-0.2, 0) is 14.6 Å². The van der Waals surface area contributed by atoms with E-state index in [4.69, 9.17) is 9.78 Å². The third kappa shape index (κ3) is 4.04. The van der Waals surface area contributed by atoms with Crippen LogP contribution in [-0.4, -0.2) is 11.6 Å². The zero-order valence-corrected chi connectivity index (χ0v) is 9.62. The van der Waals surface area contributed by atoms with E-state index in [-0.39, 0.29) is 11.9 Å². The van der Waals surface area contributed by atoms with E-state index in [2.05, 4.69) is 6.58 Å². The van der Waals surface area contributed by atoms with E-state index in [1.165, 1.54) is 6.42 Å². The van der Waals surface area contributed by atoms with E-state index in [0.717, 1.165) is 25.7 Å². The number of hydrogen-bond acceptors (Lipinski definition) is 3. The molecule has 0 N–H and O–H groups in total. The van der Waals surface area contributed by atoms with Gasteiger partial charge in [0.25, 0.3) is 0 Å². The zero-order valence-electron chi connectivity index (χ0n) is 9.62. The largest absolute Gasteiger partial charge is 0.345 e. The van der Waals surface area contributed by atoms with Crippen molar-refractivity contribution in [2.24, 2.45) is 5.92 Å². The summed E-state index contributed by atoms with van der Waals surface area (Å²) in [6, 6.07) is 0. The van der Waals surface area contributed by atoms with Crippen LogP contribution in [0, 0.1) is 5.92 Å². The van der Waals surface area contributed by atoms with Gasteiger partial charge in [0.1, 0.15) is 5.60 Å². The molecule has 0 amide bonds. The minimum absolute atomic E-state index is 0.0272. The van der Waals surface area contributed by atoms with Gasteiger partial charge in [0, 0.05) is 0 Å². The summed E-state index contributed by atoms with van der Waals surface area (Å²) in [5.41, 5.74) is -0.607. The highest BCUT2D eigenvalue weighted by molar-refractivity contribution is 5.71. The van der Waals surface area contributed by atoms with Gasteiger partial charge < -0.3 is 0 Å². The average Bonchev–Trinajstić information content (AvgIpc) is 2.27. The monoisotopic (exact) mass is 212 g/mol. The van der Waals surface area contributed by atoms with E-state index < -0.39 is 5.60 Å². The van der Waals surface area contributed by atoms with Crippen LogP contribution >= 0.6 is 0 Å². The van der Waals surface area contributed by atoms with Crippen molar-refractivity contribution in [2.75, 3.05) is 0 Å². The summed E-state index contributed by atoms with van der Waals surface area (Å²) < 4.78 is 0. The standard InChI is InChI=1S/C12H20O3/c1-4-12(2,3)15-14-11(13)10-8-6-5-7-9-10/h4,10H,1,5-9H2,2-3H3. The topological polar surface area (TPSA) is 35.5 Å². The maximum atomic E-state index is 11.6. The second-order valence-corrected chi connectivity index (χ2v) is 4.63. The molecule has 1 rings (SSSR count). The van der Waals surface area contributed by atoms with E-state index in [1.807, 2.05) is 0 Å². The molecule has 0 aliphatic heterocycles. The summed E-state index contributed by atoms with van der Waals surface area (Å²) >= 11 is 0. The third-order valence-corrected chi connectivity index (χ3v) is 2.77. The van der Waals surface area contributed by atoms with Gasteiger partial charge in [-0.05, 0) is 26.7 Å². The normalized spacial score (nSPS) is 18.5. The summed E-state index contributed by atoms with van der Waals surface area (Å²) in [6.45, 7) is 7.21. The van der Waals surface area contributed by atoms with Crippen molar-refractivity contribution in [1.82, 2.24) is 0 Å². The van der Waals surface area contributed by atoms with Gasteiger partial charge in [0.15, 0.2) is 0 Å². The summed E-state index contributed by atoms with van der Waals surface area (Å²) in [5, 5.41) is 0. The first-order chi connectivity index (χ1) is 7.05. The number of hydrogen-bond donors (Lipinski definition) is 0. The lowest BCUT2D eigenvalue weighted by atomic mass is 9.89. The molecule has 0 unspecified atom stereocenters. The van der Waals surface area contributed by atoms with Gasteiger partial charge in [0.2, 0.25) is 0 Å². The van der Waals surface area contributed by atoms with Crippen LogP contribution in [0.2, 0.25) is 0 Å². The maximum Gasteiger partial charge on any atom is 0.345 e. The molecular weight excluding hydrogens is 192 g/mol. The molecule has 0 heterocycles. The molecular formula is C12H20O3. The molecule has 0 aromatic carbocycles. The van der Waals surface area contributed by atoms with Crippen molar-refractivity contribution in [3.05, 3.63) is 12.7 Å². The Morgan fingerprint density at radius 3 is 2.47 bits per heavy atom. The van der Waals surface area contributed by atoms with Crippen LogP contribution in [0.4, 0.5) is 0 Å². The quantitative estimate of drug-likeness (QED) is 0.408. The summed E-state index contributed by atoms with van der Waals surface area (Å²) in [7, 11) is 0. The average molecular weight is 212 g/mol. The minimum atomic E-state index is -0.607. The predicted octanol–water partition coefficient (Wildman–Crippen LogP) is 3.01. The van der Waals surface area contributed by atoms with Crippen molar-refractivity contribution in [3.8, 4) is 0 Å². The van der Waals surface area contributed by atoms with Gasteiger partial charge in [-0.1, -0.05) is 25.3 Å². The Morgan fingerprint density at radius 1 is 1.33 bits per heavy atom. The fourth-order valence-electron chi connectivity index (χ4n) is 1.59. The minimum Gasteiger partial charge on any atom is -0.297 e. The van der Waals surface area contributed by atoms with Crippen LogP contribution in [0.1, 0.15) is 46.0 Å². The first-order valence-electron chi connectivity index (χ1n) is 5.58. The van der Waals surface area contributed by atoms with E-state index >= 15 is 0 Å². The highest BCUT2D eigenvalue weighted by atomic mass is 17.2. The zero-order chi connectivity index (χ0) is 11.3. The highest BCUT2D eigenvalue weighted by Gasteiger charge is 2.25. The first kappa shape index (κ1) is 12.2. The van der Waals surface area contributed by atoms with Crippen LogP contribution < -0.4 is 0 Å². The molecule has 3 nitrogen and oxygen atoms in total. The molecule has 15 heavy (non-hydrogen) atoms. The molecule has 1 aliphatic carbocycles. The smallest absolute Gasteiger partial charge is 0.297 e. The lowest BCUT2D eigenvalue weighted by Crippen LogP contribution is -2.27. The lowest BCUT2D eigenvalue weighted by Gasteiger charge is -2.22. The second-order valence-electron chi connectivity index (χ2n) is 4.63. The van der Waals surface area contributed by atoms with Crippen LogP contribution in [0.5, 0.6) is 0 Å². The molecule has 1 fully saturated rings. The maximum absolute atomic E-state index is 11.6. The van der Waals surface area contributed by atoms with Gasteiger partial charge in [-0.15, -0.1) is 6.58 Å². The number of carbonyl (C=O) groups is 1. The van der Waals surface area contributed by atoms with Crippen molar-refractivity contribution in [1.29, 1.82) is 0 Å². The Kier molecular flexibility index (Phi) is 4.33. The Balaban J connectivity index is 2.31. The molecule has 0 aromatic heterocycles. The van der Waals surface area contributed by atoms with E-state index in [9.17, 15) is 4.79 Å². The molecule has 0 spiro atoms. The van der Waals surface area contributed by atoms with Gasteiger partial charge in [-0.25, -0.2) is 4.79 Å². The molecule has 86 valence electrons. The summed E-state index contributed by atoms with van der Waals surface area (Å²) in [4.78, 5) is 21.4. The Bertz CT molecular complexity index is 227. The lowest BCUT2D eigenvalue weighted by molar-refractivity contribution is -0.315. The molecule has 0 aromatic rings. The van der Waals surface area contributed by atoms with Gasteiger partial charge in [0.05, 0.1) is 5.92 Å². The molecule has 0 atom stereocenters. The van der Waals surface area contributed by atoms with E-state index in [0.29, 0.717) is 0 Å². The second kappa shape index (κ2) is 5.31. The molecule has 1 aliphatic rings. The fourth-order valence-corrected chi connectivity index (χ4v) is 1.59. The first-order valence-corrected chi connectivity index (χ1v) is 5.58. The van der Waals surface area contributed by atoms with Crippen molar-refractivity contribution < 1.29 is 14.6 Å². The molecule has 1 saturated carbocycles. The molecule has 0 saturated heterocycles. The van der Waals surface area contributed by atoms with Crippen molar-refractivity contribution in [3.63, 3.8) is 0 Å². The molecule has 3 heteroatoms. The van der Waals surface area contributed by atoms with Gasteiger partial charge in [-0.2, -0.15) is 4.89 Å². The molecule has 0 radical (unpaired) electrons. The van der Waals surface area contributed by atoms with Crippen LogP contribution in [0.3, 0.4) is 0 Å².